The van der Waals surface area contributed by atoms with Crippen molar-refractivity contribution in [2.45, 2.75) is 50.2 Å². The first-order valence-corrected chi connectivity index (χ1v) is 6.33. The van der Waals surface area contributed by atoms with Crippen LogP contribution in [0, 0.1) is 0 Å². The van der Waals surface area contributed by atoms with E-state index in [1.54, 1.807) is 0 Å². The lowest BCUT2D eigenvalue weighted by Gasteiger charge is -2.35. The molecule has 1 aliphatic carbocycles. The van der Waals surface area contributed by atoms with Gasteiger partial charge in [-0.2, -0.15) is 0 Å². The lowest BCUT2D eigenvalue weighted by molar-refractivity contribution is -0.133. The molecule has 1 atom stereocenters. The van der Waals surface area contributed by atoms with E-state index >= 15 is 0 Å². The predicted molar refractivity (Wildman–Crippen MR) is 62.1 cm³/mol. The van der Waals surface area contributed by atoms with Gasteiger partial charge in [0, 0.05) is 13.1 Å². The van der Waals surface area contributed by atoms with E-state index in [1.165, 1.54) is 6.42 Å². The van der Waals surface area contributed by atoms with Gasteiger partial charge in [-0.3, -0.25) is 4.79 Å². The summed E-state index contributed by atoms with van der Waals surface area (Å²) in [5.74, 6) is 0.154. The molecule has 0 aromatic rings. The van der Waals surface area contributed by atoms with E-state index in [-0.39, 0.29) is 11.9 Å². The van der Waals surface area contributed by atoms with Crippen LogP contribution in [0.4, 0.5) is 0 Å². The third-order valence-electron chi connectivity index (χ3n) is 3.92. The third kappa shape index (κ3) is 2.38. The minimum atomic E-state index is -0.615. The molecule has 1 saturated carbocycles. The maximum absolute atomic E-state index is 11.9. The van der Waals surface area contributed by atoms with Gasteiger partial charge in [0.05, 0.1) is 11.6 Å². The van der Waals surface area contributed by atoms with Gasteiger partial charge in [0.1, 0.15) is 0 Å². The van der Waals surface area contributed by atoms with Crippen molar-refractivity contribution in [2.75, 3.05) is 20.1 Å². The van der Waals surface area contributed by atoms with Crippen molar-refractivity contribution < 1.29 is 9.90 Å². The molecule has 1 aliphatic heterocycles. The Hall–Kier alpha value is -0.610. The van der Waals surface area contributed by atoms with E-state index in [9.17, 15) is 9.90 Å². The molecule has 16 heavy (non-hydrogen) atoms. The van der Waals surface area contributed by atoms with E-state index in [4.69, 9.17) is 0 Å². The Morgan fingerprint density at radius 2 is 2.12 bits per heavy atom. The van der Waals surface area contributed by atoms with Gasteiger partial charge < -0.3 is 15.3 Å². The second-order valence-electron chi connectivity index (χ2n) is 5.17. The Balaban J connectivity index is 1.92. The molecule has 2 rings (SSSR count). The maximum Gasteiger partial charge on any atom is 0.239 e. The van der Waals surface area contributed by atoms with Crippen molar-refractivity contribution in [1.29, 1.82) is 0 Å². The number of hydrogen-bond acceptors (Lipinski definition) is 3. The van der Waals surface area contributed by atoms with Crippen LogP contribution < -0.4 is 5.32 Å². The molecule has 1 saturated heterocycles. The molecule has 92 valence electrons. The smallest absolute Gasteiger partial charge is 0.239 e. The van der Waals surface area contributed by atoms with Crippen LogP contribution >= 0.6 is 0 Å². The first-order valence-electron chi connectivity index (χ1n) is 6.33. The zero-order valence-electron chi connectivity index (χ0n) is 10.0. The molecule has 4 heteroatoms. The van der Waals surface area contributed by atoms with Crippen LogP contribution in [0.15, 0.2) is 0 Å². The Kier molecular flexibility index (Phi) is 3.50. The zero-order chi connectivity index (χ0) is 11.6. The van der Waals surface area contributed by atoms with E-state index in [1.807, 2.05) is 11.9 Å². The van der Waals surface area contributed by atoms with Crippen LogP contribution in [0.2, 0.25) is 0 Å². The highest BCUT2D eigenvalue weighted by Crippen LogP contribution is 2.29. The van der Waals surface area contributed by atoms with Gasteiger partial charge in [-0.05, 0) is 26.3 Å². The predicted octanol–water partition coefficient (Wildman–Crippen LogP) is 0.502. The molecular formula is C12H22N2O2. The number of likely N-dealkylation sites (N-methyl/N-ethyl adjacent to an activating group) is 1. The summed E-state index contributed by atoms with van der Waals surface area (Å²) in [6, 6.07) is -0.0350. The second kappa shape index (κ2) is 4.72. The highest BCUT2D eigenvalue weighted by atomic mass is 16.3. The molecule has 2 aliphatic rings. The number of β-amino-alcohol motifs (C(OH)–C–C–N with tert-alkyl or cyclic N) is 1. The Morgan fingerprint density at radius 1 is 1.44 bits per heavy atom. The average Bonchev–Trinajstić information content (AvgIpc) is 2.60. The first-order chi connectivity index (χ1) is 7.64. The summed E-state index contributed by atoms with van der Waals surface area (Å²) in [6.45, 7) is 1.32. The molecular weight excluding hydrogens is 204 g/mol. The minimum absolute atomic E-state index is 0.0350. The number of rotatable bonds is 3. The lowest BCUT2D eigenvalue weighted by Crippen LogP contribution is -2.47. The summed E-state index contributed by atoms with van der Waals surface area (Å²) in [5.41, 5.74) is -0.615. The van der Waals surface area contributed by atoms with E-state index in [2.05, 4.69) is 5.32 Å². The maximum atomic E-state index is 11.9. The Morgan fingerprint density at radius 3 is 2.69 bits per heavy atom. The van der Waals surface area contributed by atoms with Crippen LogP contribution in [-0.4, -0.2) is 47.7 Å². The largest absolute Gasteiger partial charge is 0.388 e. The number of likely N-dealkylation sites (tertiary alicyclic amines) is 1. The molecule has 0 radical (unpaired) electrons. The number of hydrogen-bond donors (Lipinski definition) is 2. The van der Waals surface area contributed by atoms with Crippen LogP contribution in [0.25, 0.3) is 0 Å². The van der Waals surface area contributed by atoms with Crippen molar-refractivity contribution in [1.82, 2.24) is 10.2 Å². The highest BCUT2D eigenvalue weighted by molar-refractivity contribution is 5.84. The molecule has 1 heterocycles. The summed E-state index contributed by atoms with van der Waals surface area (Å²) in [7, 11) is 1.82. The first kappa shape index (κ1) is 11.9. The van der Waals surface area contributed by atoms with Gasteiger partial charge in [-0.1, -0.05) is 19.3 Å². The normalized spacial score (nSPS) is 29.8. The molecule has 4 nitrogen and oxygen atoms in total. The van der Waals surface area contributed by atoms with Gasteiger partial charge >= 0.3 is 0 Å². The summed E-state index contributed by atoms with van der Waals surface area (Å²) in [4.78, 5) is 13.7. The fourth-order valence-corrected chi connectivity index (χ4v) is 2.89. The number of amides is 1. The van der Waals surface area contributed by atoms with E-state index in [0.717, 1.165) is 38.6 Å². The molecule has 0 spiro atoms. The van der Waals surface area contributed by atoms with Gasteiger partial charge in [0.25, 0.3) is 0 Å². The van der Waals surface area contributed by atoms with Crippen molar-refractivity contribution in [3.05, 3.63) is 0 Å². The molecule has 1 unspecified atom stereocenters. The highest BCUT2D eigenvalue weighted by Gasteiger charge is 2.37. The lowest BCUT2D eigenvalue weighted by atomic mass is 9.84. The van der Waals surface area contributed by atoms with Gasteiger partial charge in [0.15, 0.2) is 0 Å². The number of nitrogens with zero attached hydrogens (tertiary/aromatic N) is 1. The molecule has 0 aromatic carbocycles. The van der Waals surface area contributed by atoms with Gasteiger partial charge in [-0.25, -0.2) is 0 Å². The van der Waals surface area contributed by atoms with E-state index in [0.29, 0.717) is 6.54 Å². The van der Waals surface area contributed by atoms with Crippen LogP contribution in [0.3, 0.4) is 0 Å². The summed E-state index contributed by atoms with van der Waals surface area (Å²) in [6.07, 6.45) is 5.96. The molecule has 0 bridgehead atoms. The number of nitrogens with one attached hydrogen (secondary N) is 1. The number of carbonyl (C=O) groups excluding carboxylic acids is 1. The van der Waals surface area contributed by atoms with Crippen LogP contribution in [0.5, 0.6) is 0 Å². The average molecular weight is 226 g/mol. The van der Waals surface area contributed by atoms with Gasteiger partial charge in [-0.15, -0.1) is 0 Å². The van der Waals surface area contributed by atoms with Crippen LogP contribution in [0.1, 0.15) is 38.5 Å². The SMILES string of the molecule is CNC1CCN(CC2(O)CCCCC2)C1=O. The third-order valence-corrected chi connectivity index (χ3v) is 3.92. The summed E-state index contributed by atoms with van der Waals surface area (Å²) < 4.78 is 0. The standard InChI is InChI=1S/C12H22N2O2/c1-13-10-5-8-14(11(10)15)9-12(16)6-3-2-4-7-12/h10,13,16H,2-9H2,1H3. The van der Waals surface area contributed by atoms with Crippen molar-refractivity contribution in [3.8, 4) is 0 Å². The summed E-state index contributed by atoms with van der Waals surface area (Å²) in [5, 5.41) is 13.4. The Bertz CT molecular complexity index is 262. The second-order valence-corrected chi connectivity index (χ2v) is 5.17. The number of aliphatic hydroxyl groups is 1. The molecule has 2 N–H and O–H groups in total. The fourth-order valence-electron chi connectivity index (χ4n) is 2.89. The minimum Gasteiger partial charge on any atom is -0.388 e. The van der Waals surface area contributed by atoms with Crippen molar-refractivity contribution in [3.63, 3.8) is 0 Å². The van der Waals surface area contributed by atoms with Gasteiger partial charge in [0.2, 0.25) is 5.91 Å². The monoisotopic (exact) mass is 226 g/mol. The van der Waals surface area contributed by atoms with E-state index < -0.39 is 5.60 Å². The Labute approximate surface area is 97.0 Å². The topological polar surface area (TPSA) is 52.6 Å². The van der Waals surface area contributed by atoms with Crippen molar-refractivity contribution in [2.24, 2.45) is 0 Å². The quantitative estimate of drug-likeness (QED) is 0.737. The van der Waals surface area contributed by atoms with Crippen LogP contribution in [-0.2, 0) is 4.79 Å². The fraction of sp³-hybridized carbons (Fsp3) is 0.917. The number of carbonyl (C=O) groups is 1. The molecule has 2 fully saturated rings. The summed E-state index contributed by atoms with van der Waals surface area (Å²) >= 11 is 0. The van der Waals surface area contributed by atoms with Crippen molar-refractivity contribution >= 4 is 5.91 Å². The molecule has 0 aromatic heterocycles. The molecule has 1 amide bonds. The zero-order valence-corrected chi connectivity index (χ0v) is 10.0.